The molecule has 0 spiro atoms. The average Bonchev–Trinajstić information content (AvgIpc) is 2.64. The second-order valence-corrected chi connectivity index (χ2v) is 6.32. The Bertz CT molecular complexity index is 695. The number of piperazine rings is 1. The summed E-state index contributed by atoms with van der Waals surface area (Å²) < 4.78 is 0. The van der Waals surface area contributed by atoms with E-state index in [1.165, 1.54) is 11.1 Å². The second kappa shape index (κ2) is 8.12. The van der Waals surface area contributed by atoms with E-state index in [0.717, 1.165) is 50.4 Å². The van der Waals surface area contributed by atoms with Crippen LogP contribution in [0, 0.1) is 12.3 Å². The van der Waals surface area contributed by atoms with Gasteiger partial charge in [0.1, 0.15) is 0 Å². The van der Waals surface area contributed by atoms with Crippen molar-refractivity contribution in [3.8, 4) is 12.3 Å². The van der Waals surface area contributed by atoms with Crippen molar-refractivity contribution in [2.45, 2.75) is 19.7 Å². The molecule has 3 nitrogen and oxygen atoms in total. The first-order valence-electron chi connectivity index (χ1n) is 8.46. The molecule has 2 aromatic carbocycles. The van der Waals surface area contributed by atoms with Crippen LogP contribution in [-0.4, -0.2) is 41.1 Å². The summed E-state index contributed by atoms with van der Waals surface area (Å²) in [6.07, 6.45) is 5.40. The predicted octanol–water partition coefficient (Wildman–Crippen LogP) is 2.48. The number of terminal acetylenes is 1. The molecular weight excluding hydrogens is 296 g/mol. The van der Waals surface area contributed by atoms with Gasteiger partial charge in [-0.2, -0.15) is 0 Å². The first kappa shape index (κ1) is 16.7. The van der Waals surface area contributed by atoms with Gasteiger partial charge in [0.15, 0.2) is 0 Å². The third kappa shape index (κ3) is 4.24. The lowest BCUT2D eigenvalue weighted by atomic mass is 10.1. The minimum atomic E-state index is 0.115. The van der Waals surface area contributed by atoms with E-state index in [9.17, 15) is 5.11 Å². The number of rotatable bonds is 5. The van der Waals surface area contributed by atoms with Crippen molar-refractivity contribution < 1.29 is 5.11 Å². The maximum atomic E-state index is 9.45. The van der Waals surface area contributed by atoms with Gasteiger partial charge < -0.3 is 5.11 Å². The third-order valence-electron chi connectivity index (χ3n) is 4.67. The first-order valence-corrected chi connectivity index (χ1v) is 8.46. The third-order valence-corrected chi connectivity index (χ3v) is 4.67. The van der Waals surface area contributed by atoms with Crippen molar-refractivity contribution in [2.75, 3.05) is 26.2 Å². The molecular formula is C21H24N2O. The van der Waals surface area contributed by atoms with Crippen molar-refractivity contribution in [3.05, 3.63) is 70.8 Å². The van der Waals surface area contributed by atoms with Gasteiger partial charge in [0.25, 0.3) is 0 Å². The number of nitrogens with zero attached hydrogens (tertiary/aromatic N) is 2. The van der Waals surface area contributed by atoms with Gasteiger partial charge in [-0.1, -0.05) is 42.3 Å². The van der Waals surface area contributed by atoms with Crippen LogP contribution in [0.2, 0.25) is 0 Å². The molecule has 0 aliphatic carbocycles. The molecule has 0 unspecified atom stereocenters. The van der Waals surface area contributed by atoms with Gasteiger partial charge >= 0.3 is 0 Å². The van der Waals surface area contributed by atoms with Gasteiger partial charge in [0, 0.05) is 44.8 Å². The fourth-order valence-electron chi connectivity index (χ4n) is 3.18. The Morgan fingerprint density at radius 2 is 1.42 bits per heavy atom. The average molecular weight is 320 g/mol. The van der Waals surface area contributed by atoms with Crippen molar-refractivity contribution in [1.29, 1.82) is 0 Å². The molecule has 3 heteroatoms. The molecule has 0 aromatic heterocycles. The zero-order chi connectivity index (χ0) is 16.8. The fourth-order valence-corrected chi connectivity index (χ4v) is 3.18. The Kier molecular flexibility index (Phi) is 5.66. The predicted molar refractivity (Wildman–Crippen MR) is 97.3 cm³/mol. The van der Waals surface area contributed by atoms with Crippen LogP contribution >= 0.6 is 0 Å². The summed E-state index contributed by atoms with van der Waals surface area (Å²) in [6.45, 7) is 6.26. The van der Waals surface area contributed by atoms with E-state index in [2.05, 4.69) is 33.9 Å². The fraction of sp³-hybridized carbons (Fsp3) is 0.333. The summed E-state index contributed by atoms with van der Waals surface area (Å²) in [5.74, 6) is 2.66. The van der Waals surface area contributed by atoms with Crippen LogP contribution in [0.15, 0.2) is 48.5 Å². The number of aliphatic hydroxyl groups is 1. The van der Waals surface area contributed by atoms with Gasteiger partial charge in [0.05, 0.1) is 6.61 Å². The molecule has 124 valence electrons. The number of benzene rings is 2. The molecule has 1 aliphatic heterocycles. The van der Waals surface area contributed by atoms with Crippen LogP contribution in [0.5, 0.6) is 0 Å². The molecule has 24 heavy (non-hydrogen) atoms. The summed E-state index contributed by atoms with van der Waals surface area (Å²) in [6, 6.07) is 16.4. The standard InChI is InChI=1S/C21H24N2O/c1-2-18-7-9-19(10-8-18)15-22-11-13-23(14-12-22)16-20-5-3-4-6-21(20)17-24/h1,3-10,24H,11-17H2. The highest BCUT2D eigenvalue weighted by Crippen LogP contribution is 2.15. The van der Waals surface area contributed by atoms with E-state index in [-0.39, 0.29) is 6.61 Å². The molecule has 1 saturated heterocycles. The molecule has 0 saturated carbocycles. The molecule has 1 heterocycles. The van der Waals surface area contributed by atoms with E-state index < -0.39 is 0 Å². The van der Waals surface area contributed by atoms with E-state index in [1.807, 2.05) is 30.3 Å². The van der Waals surface area contributed by atoms with Gasteiger partial charge in [-0.3, -0.25) is 9.80 Å². The largest absolute Gasteiger partial charge is 0.392 e. The lowest BCUT2D eigenvalue weighted by Gasteiger charge is -2.35. The van der Waals surface area contributed by atoms with Crippen LogP contribution in [0.4, 0.5) is 0 Å². The van der Waals surface area contributed by atoms with Crippen LogP contribution in [0.3, 0.4) is 0 Å². The van der Waals surface area contributed by atoms with E-state index in [1.54, 1.807) is 0 Å². The Labute approximate surface area is 144 Å². The number of hydrogen-bond acceptors (Lipinski definition) is 3. The molecule has 0 amide bonds. The molecule has 1 N–H and O–H groups in total. The Balaban J connectivity index is 1.51. The first-order chi connectivity index (χ1) is 11.8. The minimum absolute atomic E-state index is 0.115. The molecule has 0 radical (unpaired) electrons. The van der Waals surface area contributed by atoms with Crippen molar-refractivity contribution in [2.24, 2.45) is 0 Å². The van der Waals surface area contributed by atoms with Crippen LogP contribution in [0.1, 0.15) is 22.3 Å². The van der Waals surface area contributed by atoms with E-state index in [0.29, 0.717) is 0 Å². The molecule has 1 fully saturated rings. The van der Waals surface area contributed by atoms with Gasteiger partial charge in [-0.25, -0.2) is 0 Å². The summed E-state index contributed by atoms with van der Waals surface area (Å²) >= 11 is 0. The second-order valence-electron chi connectivity index (χ2n) is 6.32. The van der Waals surface area contributed by atoms with Crippen molar-refractivity contribution in [1.82, 2.24) is 9.80 Å². The van der Waals surface area contributed by atoms with E-state index >= 15 is 0 Å². The zero-order valence-electron chi connectivity index (χ0n) is 14.0. The monoisotopic (exact) mass is 320 g/mol. The normalized spacial score (nSPS) is 16.0. The topological polar surface area (TPSA) is 26.7 Å². The zero-order valence-corrected chi connectivity index (χ0v) is 14.0. The van der Waals surface area contributed by atoms with Crippen molar-refractivity contribution >= 4 is 0 Å². The quantitative estimate of drug-likeness (QED) is 0.858. The summed E-state index contributed by atoms with van der Waals surface area (Å²) in [7, 11) is 0. The minimum Gasteiger partial charge on any atom is -0.392 e. The summed E-state index contributed by atoms with van der Waals surface area (Å²) in [5, 5.41) is 9.45. The van der Waals surface area contributed by atoms with Crippen LogP contribution in [0.25, 0.3) is 0 Å². The molecule has 3 rings (SSSR count). The van der Waals surface area contributed by atoms with Crippen molar-refractivity contribution in [3.63, 3.8) is 0 Å². The van der Waals surface area contributed by atoms with Crippen LogP contribution < -0.4 is 0 Å². The highest BCUT2D eigenvalue weighted by atomic mass is 16.3. The van der Waals surface area contributed by atoms with Crippen LogP contribution in [-0.2, 0) is 19.7 Å². The molecule has 1 aliphatic rings. The Hall–Kier alpha value is -2.12. The Morgan fingerprint density at radius 3 is 2.00 bits per heavy atom. The molecule has 0 bridgehead atoms. The van der Waals surface area contributed by atoms with Gasteiger partial charge in [-0.05, 0) is 28.8 Å². The maximum absolute atomic E-state index is 9.45. The lowest BCUT2D eigenvalue weighted by molar-refractivity contribution is 0.121. The highest BCUT2D eigenvalue weighted by Gasteiger charge is 2.17. The van der Waals surface area contributed by atoms with E-state index in [4.69, 9.17) is 6.42 Å². The Morgan fingerprint density at radius 1 is 0.833 bits per heavy atom. The highest BCUT2D eigenvalue weighted by molar-refractivity contribution is 5.34. The maximum Gasteiger partial charge on any atom is 0.0685 e. The number of aliphatic hydroxyl groups excluding tert-OH is 1. The smallest absolute Gasteiger partial charge is 0.0685 e. The summed E-state index contributed by atoms with van der Waals surface area (Å²) in [5.41, 5.74) is 4.52. The molecule has 2 aromatic rings. The summed E-state index contributed by atoms with van der Waals surface area (Å²) in [4.78, 5) is 4.95. The van der Waals surface area contributed by atoms with Gasteiger partial charge in [-0.15, -0.1) is 6.42 Å². The SMILES string of the molecule is C#Cc1ccc(CN2CCN(Cc3ccccc3CO)CC2)cc1. The van der Waals surface area contributed by atoms with Gasteiger partial charge in [0.2, 0.25) is 0 Å². The number of hydrogen-bond donors (Lipinski definition) is 1. The molecule has 0 atom stereocenters. The lowest BCUT2D eigenvalue weighted by Crippen LogP contribution is -2.45.